The Labute approximate surface area is 631 Å². The third-order valence-electron chi connectivity index (χ3n) is 22.7. The van der Waals surface area contributed by atoms with Crippen LogP contribution in [-0.4, -0.2) is 15.8 Å². The molecule has 7 heteroatoms. The number of benzene rings is 13. The molecular weight excluding hydrogens is 1300 g/mol. The number of rotatable bonds is 8. The van der Waals surface area contributed by atoms with Gasteiger partial charge in [-0.15, -0.1) is 0 Å². The Morgan fingerprint density at radius 1 is 0.271 bits per heavy atom. The van der Waals surface area contributed by atoms with Crippen molar-refractivity contribution < 1.29 is 0 Å². The van der Waals surface area contributed by atoms with Crippen LogP contribution in [0, 0.1) is 22.7 Å². The van der Waals surface area contributed by atoms with Gasteiger partial charge in [0.05, 0.1) is 56.7 Å². The molecule has 522 valence electrons. The van der Waals surface area contributed by atoms with Crippen molar-refractivity contribution in [2.24, 2.45) is 0 Å². The summed E-state index contributed by atoms with van der Waals surface area (Å²) in [5, 5.41) is 26.7. The summed E-state index contributed by atoms with van der Waals surface area (Å²) in [5.41, 5.74) is 30.6. The Balaban J connectivity index is 1.10. The quantitative estimate of drug-likeness (QED) is 0.142. The molecule has 4 heterocycles. The first kappa shape index (κ1) is 68.2. The summed E-state index contributed by atoms with van der Waals surface area (Å²) < 4.78 is 4.94. The Morgan fingerprint density at radius 3 is 0.888 bits per heavy atom. The van der Waals surface area contributed by atoms with Crippen LogP contribution >= 0.6 is 0 Å². The molecule has 0 bridgehead atoms. The van der Waals surface area contributed by atoms with E-state index in [2.05, 4.69) is 390 Å². The van der Waals surface area contributed by atoms with E-state index in [9.17, 15) is 10.5 Å². The maximum Gasteiger partial charge on any atom is 0.252 e. The molecule has 107 heavy (non-hydrogen) atoms. The minimum atomic E-state index is -0.414. The van der Waals surface area contributed by atoms with Gasteiger partial charge in [-0.1, -0.05) is 262 Å². The molecule has 2 aromatic heterocycles. The van der Waals surface area contributed by atoms with Crippen molar-refractivity contribution in [3.8, 4) is 68.0 Å². The fraction of sp³-hybridized carbons (Fsp3) is 0.200. The van der Waals surface area contributed by atoms with Crippen molar-refractivity contribution in [2.45, 2.75) is 131 Å². The van der Waals surface area contributed by atoms with Crippen molar-refractivity contribution in [2.75, 3.05) is 9.80 Å². The number of aromatic nitrogens is 2. The lowest BCUT2D eigenvalue weighted by Gasteiger charge is -2.47. The van der Waals surface area contributed by atoms with Crippen LogP contribution in [0.25, 0.3) is 99.5 Å². The summed E-state index contributed by atoms with van der Waals surface area (Å²) in [6.07, 6.45) is 0. The van der Waals surface area contributed by atoms with Crippen LogP contribution < -0.4 is 26.2 Å². The van der Waals surface area contributed by atoms with Gasteiger partial charge in [-0.3, -0.25) is 0 Å². The molecule has 17 rings (SSSR count). The van der Waals surface area contributed by atoms with E-state index in [1.165, 1.54) is 49.3 Å². The topological polar surface area (TPSA) is 63.9 Å². The van der Waals surface area contributed by atoms with E-state index in [-0.39, 0.29) is 28.4 Å². The first-order valence-electron chi connectivity index (χ1n) is 37.8. The van der Waals surface area contributed by atoms with E-state index in [4.69, 9.17) is 0 Å². The molecule has 0 radical (unpaired) electrons. The van der Waals surface area contributed by atoms with Crippen LogP contribution in [-0.2, 0) is 27.1 Å². The SMILES string of the molecule is CC(C)(C)c1cccc(-c2cc(C(C)(C)C)cc(-c3cccc(C#N)c3)c2N2c3cc(-n4c5ccccc5c5ccccc54)ccc3B3c4ccc(-n5c6ccccc6c6ccccc65)cc4N(c4c(-c5cccc(C#N)c5)cc(C(C)(C)C)cc4-c4cccc(C(C)(C)C)c4)c4cc(C(C)(C)C)cc2c43)c1. The Kier molecular flexibility index (Phi) is 15.9. The van der Waals surface area contributed by atoms with Gasteiger partial charge < -0.3 is 18.9 Å². The molecule has 6 nitrogen and oxygen atoms in total. The summed E-state index contributed by atoms with van der Waals surface area (Å²) in [4.78, 5) is 5.33. The van der Waals surface area contributed by atoms with E-state index < -0.39 is 5.41 Å². The van der Waals surface area contributed by atoms with E-state index in [1.807, 2.05) is 12.1 Å². The molecule has 2 aliphatic heterocycles. The number of hydrogen-bond donors (Lipinski definition) is 0. The molecular formula is C100H89BN6. The first-order valence-corrected chi connectivity index (χ1v) is 37.8. The number of anilines is 6. The predicted octanol–water partition coefficient (Wildman–Crippen LogP) is 24.9. The molecule has 0 saturated carbocycles. The van der Waals surface area contributed by atoms with Gasteiger partial charge in [0.2, 0.25) is 0 Å². The van der Waals surface area contributed by atoms with Gasteiger partial charge in [0.15, 0.2) is 0 Å². The molecule has 0 unspecified atom stereocenters. The summed E-state index contributed by atoms with van der Waals surface area (Å²) in [5.74, 6) is 0. The summed E-state index contributed by atoms with van der Waals surface area (Å²) in [7, 11) is 0. The normalized spacial score (nSPS) is 13.1. The van der Waals surface area contributed by atoms with Crippen molar-refractivity contribution >= 4 is 101 Å². The van der Waals surface area contributed by atoms with Crippen LogP contribution in [0.15, 0.2) is 267 Å². The Bertz CT molecular complexity index is 5800. The molecule has 15 aromatic rings. The number of hydrogen-bond acceptors (Lipinski definition) is 4. The minimum Gasteiger partial charge on any atom is -0.310 e. The lowest BCUT2D eigenvalue weighted by atomic mass is 9.33. The largest absolute Gasteiger partial charge is 0.310 e. The second-order valence-corrected chi connectivity index (χ2v) is 34.9. The molecule has 0 atom stereocenters. The fourth-order valence-electron chi connectivity index (χ4n) is 16.9. The molecule has 0 fully saturated rings. The van der Waals surface area contributed by atoms with Crippen LogP contribution in [0.1, 0.15) is 143 Å². The van der Waals surface area contributed by atoms with Crippen molar-refractivity contribution in [3.05, 3.63) is 306 Å². The average molecular weight is 1390 g/mol. The highest BCUT2D eigenvalue weighted by atomic mass is 15.2. The van der Waals surface area contributed by atoms with Crippen LogP contribution in [0.4, 0.5) is 34.1 Å². The van der Waals surface area contributed by atoms with Crippen molar-refractivity contribution in [3.63, 3.8) is 0 Å². The van der Waals surface area contributed by atoms with Gasteiger partial charge in [0, 0.05) is 77.9 Å². The third kappa shape index (κ3) is 11.4. The first-order chi connectivity index (χ1) is 51.1. The Hall–Kier alpha value is -11.9. The summed E-state index contributed by atoms with van der Waals surface area (Å²) >= 11 is 0. The second-order valence-electron chi connectivity index (χ2n) is 34.9. The van der Waals surface area contributed by atoms with Gasteiger partial charge in [0.1, 0.15) is 0 Å². The van der Waals surface area contributed by atoms with E-state index in [0.29, 0.717) is 11.1 Å². The van der Waals surface area contributed by atoms with Gasteiger partial charge in [-0.2, -0.15) is 10.5 Å². The second kappa shape index (κ2) is 24.9. The molecule has 0 spiro atoms. The van der Waals surface area contributed by atoms with Crippen LogP contribution in [0.5, 0.6) is 0 Å². The standard InChI is InChI=1S/C100H89BN6/c1-96(2,3)68-34-26-32-66(50-68)81-54-70(98(7,8)9)52-79(64-30-24-28-62(48-64)60-102)94(81)106-89-58-73(104-85-40-20-16-36-75(85)76-37-17-21-41-86(76)104)44-46-83(89)101-84-47-45-74(105-87-42-22-18-38-77(87)78-39-19-23-43-88(78)105)59-90(84)107(92-57-72(100(13,14)15)56-91(106)93(92)101)95-80(65-31-25-29-63(49-65)61-103)53-71(99(10,11)12)55-82(95)67-33-27-35-69(51-67)97(4,5)6/h16-59H,1-15H3. The smallest absolute Gasteiger partial charge is 0.252 e. The molecule has 2 aliphatic rings. The predicted molar refractivity (Wildman–Crippen MR) is 454 cm³/mol. The van der Waals surface area contributed by atoms with Gasteiger partial charge in [0.25, 0.3) is 6.71 Å². The van der Waals surface area contributed by atoms with Crippen LogP contribution in [0.2, 0.25) is 0 Å². The minimum absolute atomic E-state index is 0.172. The Morgan fingerprint density at radius 2 is 0.570 bits per heavy atom. The molecule has 0 amide bonds. The molecule has 0 N–H and O–H groups in total. The third-order valence-corrected chi connectivity index (χ3v) is 22.7. The molecule has 0 aliphatic carbocycles. The molecule has 13 aromatic carbocycles. The highest BCUT2D eigenvalue weighted by molar-refractivity contribution is 7.00. The highest BCUT2D eigenvalue weighted by Gasteiger charge is 2.47. The number of nitriles is 2. The summed E-state index contributed by atoms with van der Waals surface area (Å²) in [6, 6.07) is 105. The zero-order valence-electron chi connectivity index (χ0n) is 64.2. The van der Waals surface area contributed by atoms with Crippen molar-refractivity contribution in [1.29, 1.82) is 10.5 Å². The number of fused-ring (bicyclic) bond motifs is 10. The summed E-state index contributed by atoms with van der Waals surface area (Å²) in [6.45, 7) is 34.5. The van der Waals surface area contributed by atoms with E-state index in [1.54, 1.807) is 0 Å². The zero-order chi connectivity index (χ0) is 74.5. The number of nitrogens with zero attached hydrogens (tertiary/aromatic N) is 6. The van der Waals surface area contributed by atoms with Gasteiger partial charge >= 0.3 is 0 Å². The fourth-order valence-corrected chi connectivity index (χ4v) is 16.9. The van der Waals surface area contributed by atoms with Gasteiger partial charge in [-0.05, 0) is 203 Å². The lowest BCUT2D eigenvalue weighted by Crippen LogP contribution is -2.61. The van der Waals surface area contributed by atoms with E-state index >= 15 is 0 Å². The van der Waals surface area contributed by atoms with Gasteiger partial charge in [-0.25, -0.2) is 0 Å². The lowest BCUT2D eigenvalue weighted by molar-refractivity contribution is 0.589. The maximum atomic E-state index is 11.0. The zero-order valence-corrected chi connectivity index (χ0v) is 64.2. The highest BCUT2D eigenvalue weighted by Crippen LogP contribution is 2.56. The maximum absolute atomic E-state index is 11.0. The monoisotopic (exact) mass is 1380 g/mol. The number of para-hydroxylation sites is 4. The van der Waals surface area contributed by atoms with Crippen LogP contribution in [0.3, 0.4) is 0 Å². The van der Waals surface area contributed by atoms with E-state index in [0.717, 1.165) is 129 Å². The average Bonchev–Trinajstić information content (AvgIpc) is 1.08. The molecule has 0 saturated heterocycles. The van der Waals surface area contributed by atoms with Crippen molar-refractivity contribution in [1.82, 2.24) is 9.13 Å².